The van der Waals surface area contributed by atoms with Crippen molar-refractivity contribution in [3.63, 3.8) is 0 Å². The van der Waals surface area contributed by atoms with E-state index in [1.54, 1.807) is 11.8 Å². The van der Waals surface area contributed by atoms with Crippen LogP contribution in [0.1, 0.15) is 24.5 Å². The van der Waals surface area contributed by atoms with Gasteiger partial charge in [0.05, 0.1) is 6.10 Å². The Labute approximate surface area is 111 Å². The SMILES string of the molecule is CSCCCCNCC(O)c1ccc(F)cc1F. The summed E-state index contributed by atoms with van der Waals surface area (Å²) in [4.78, 5) is 0. The summed E-state index contributed by atoms with van der Waals surface area (Å²) in [5, 5.41) is 12.8. The molecule has 1 aromatic carbocycles. The highest BCUT2D eigenvalue weighted by atomic mass is 32.2. The second kappa shape index (κ2) is 8.45. The number of hydrogen-bond acceptors (Lipinski definition) is 3. The van der Waals surface area contributed by atoms with E-state index >= 15 is 0 Å². The van der Waals surface area contributed by atoms with Crippen molar-refractivity contribution in [2.24, 2.45) is 0 Å². The Morgan fingerprint density at radius 1 is 1.33 bits per heavy atom. The van der Waals surface area contributed by atoms with Gasteiger partial charge in [0.2, 0.25) is 0 Å². The molecular formula is C13H19F2NOS. The molecule has 0 spiro atoms. The van der Waals surface area contributed by atoms with Gasteiger partial charge in [-0.15, -0.1) is 0 Å². The normalized spacial score (nSPS) is 12.7. The van der Waals surface area contributed by atoms with Crippen molar-refractivity contribution in [1.29, 1.82) is 0 Å². The van der Waals surface area contributed by atoms with Gasteiger partial charge in [-0.2, -0.15) is 11.8 Å². The molecule has 0 aromatic heterocycles. The van der Waals surface area contributed by atoms with Crippen LogP contribution in [-0.4, -0.2) is 30.2 Å². The third-order valence-corrected chi connectivity index (χ3v) is 3.31. The molecule has 0 radical (unpaired) electrons. The van der Waals surface area contributed by atoms with Gasteiger partial charge in [-0.05, 0) is 37.5 Å². The standard InChI is InChI=1S/C13H19F2NOS/c1-18-7-3-2-6-16-9-13(17)11-5-4-10(14)8-12(11)15/h4-5,8,13,16-17H,2-3,6-7,9H2,1H3. The van der Waals surface area contributed by atoms with Crippen LogP contribution in [0.25, 0.3) is 0 Å². The Bertz CT molecular complexity index is 363. The monoisotopic (exact) mass is 275 g/mol. The molecule has 0 aliphatic heterocycles. The molecule has 0 amide bonds. The molecule has 0 aliphatic rings. The molecule has 0 saturated carbocycles. The zero-order valence-electron chi connectivity index (χ0n) is 10.5. The van der Waals surface area contributed by atoms with Gasteiger partial charge in [0.15, 0.2) is 0 Å². The molecule has 0 fully saturated rings. The van der Waals surface area contributed by atoms with Crippen molar-refractivity contribution in [2.45, 2.75) is 18.9 Å². The number of halogens is 2. The molecule has 102 valence electrons. The minimum absolute atomic E-state index is 0.132. The molecule has 0 bridgehead atoms. The van der Waals surface area contributed by atoms with E-state index in [4.69, 9.17) is 0 Å². The number of thioether (sulfide) groups is 1. The molecule has 18 heavy (non-hydrogen) atoms. The molecule has 1 aromatic rings. The summed E-state index contributed by atoms with van der Waals surface area (Å²) in [6.07, 6.45) is 3.27. The highest BCUT2D eigenvalue weighted by molar-refractivity contribution is 7.98. The zero-order valence-corrected chi connectivity index (χ0v) is 11.3. The molecule has 1 unspecified atom stereocenters. The zero-order chi connectivity index (χ0) is 13.4. The van der Waals surface area contributed by atoms with E-state index in [0.717, 1.165) is 37.3 Å². The van der Waals surface area contributed by atoms with Crippen molar-refractivity contribution in [1.82, 2.24) is 5.32 Å². The summed E-state index contributed by atoms with van der Waals surface area (Å²) in [5.74, 6) is -0.211. The van der Waals surface area contributed by atoms with Crippen molar-refractivity contribution in [3.8, 4) is 0 Å². The molecule has 0 heterocycles. The molecule has 2 N–H and O–H groups in total. The fourth-order valence-electron chi connectivity index (χ4n) is 1.62. The van der Waals surface area contributed by atoms with Gasteiger partial charge in [-0.25, -0.2) is 8.78 Å². The highest BCUT2D eigenvalue weighted by Gasteiger charge is 2.12. The summed E-state index contributed by atoms with van der Waals surface area (Å²) in [7, 11) is 0. The molecular weight excluding hydrogens is 256 g/mol. The first-order chi connectivity index (χ1) is 8.65. The highest BCUT2D eigenvalue weighted by Crippen LogP contribution is 2.17. The van der Waals surface area contributed by atoms with E-state index in [9.17, 15) is 13.9 Å². The van der Waals surface area contributed by atoms with Crippen LogP contribution >= 0.6 is 11.8 Å². The van der Waals surface area contributed by atoms with Crippen molar-refractivity contribution < 1.29 is 13.9 Å². The summed E-state index contributed by atoms with van der Waals surface area (Å²) in [6, 6.07) is 3.22. The van der Waals surface area contributed by atoms with Crippen LogP contribution in [-0.2, 0) is 0 Å². The van der Waals surface area contributed by atoms with Crippen molar-refractivity contribution in [3.05, 3.63) is 35.4 Å². The number of aliphatic hydroxyl groups is 1. The fraction of sp³-hybridized carbons (Fsp3) is 0.538. The van der Waals surface area contributed by atoms with E-state index in [1.807, 2.05) is 0 Å². The number of unbranched alkanes of at least 4 members (excludes halogenated alkanes) is 1. The third kappa shape index (κ3) is 5.33. The molecule has 1 atom stereocenters. The maximum Gasteiger partial charge on any atom is 0.131 e. The number of nitrogens with one attached hydrogen (secondary N) is 1. The lowest BCUT2D eigenvalue weighted by Gasteiger charge is -2.13. The Kier molecular flexibility index (Phi) is 7.23. The maximum atomic E-state index is 13.3. The van der Waals surface area contributed by atoms with E-state index in [-0.39, 0.29) is 12.1 Å². The summed E-state index contributed by atoms with van der Waals surface area (Å²) >= 11 is 1.80. The number of hydrogen-bond donors (Lipinski definition) is 2. The topological polar surface area (TPSA) is 32.3 Å². The Hall–Kier alpha value is -0.650. The van der Waals surface area contributed by atoms with E-state index in [2.05, 4.69) is 11.6 Å². The van der Waals surface area contributed by atoms with Gasteiger partial charge in [-0.3, -0.25) is 0 Å². The largest absolute Gasteiger partial charge is 0.387 e. The second-order valence-electron chi connectivity index (χ2n) is 4.09. The third-order valence-electron chi connectivity index (χ3n) is 2.61. The lowest BCUT2D eigenvalue weighted by atomic mass is 10.1. The average Bonchev–Trinajstić information content (AvgIpc) is 2.33. The van der Waals surface area contributed by atoms with Gasteiger partial charge in [0.1, 0.15) is 11.6 Å². The quantitative estimate of drug-likeness (QED) is 0.716. The van der Waals surface area contributed by atoms with Gasteiger partial charge in [0, 0.05) is 18.2 Å². The van der Waals surface area contributed by atoms with Crippen LogP contribution in [0, 0.1) is 11.6 Å². The molecule has 0 aliphatic carbocycles. The molecule has 1 rings (SSSR count). The minimum atomic E-state index is -0.939. The summed E-state index contributed by atoms with van der Waals surface area (Å²) < 4.78 is 26.0. The van der Waals surface area contributed by atoms with Crippen LogP contribution in [0.15, 0.2) is 18.2 Å². The van der Waals surface area contributed by atoms with Crippen LogP contribution in [0.3, 0.4) is 0 Å². The average molecular weight is 275 g/mol. The molecule has 5 heteroatoms. The predicted octanol–water partition coefficient (Wildman–Crippen LogP) is 2.73. The van der Waals surface area contributed by atoms with Gasteiger partial charge in [-0.1, -0.05) is 6.07 Å². The van der Waals surface area contributed by atoms with Gasteiger partial charge < -0.3 is 10.4 Å². The number of aliphatic hydroxyl groups excluding tert-OH is 1. The van der Waals surface area contributed by atoms with Crippen LogP contribution in [0.4, 0.5) is 8.78 Å². The lowest BCUT2D eigenvalue weighted by molar-refractivity contribution is 0.170. The first-order valence-electron chi connectivity index (χ1n) is 5.98. The van der Waals surface area contributed by atoms with Gasteiger partial charge in [0.25, 0.3) is 0 Å². The van der Waals surface area contributed by atoms with Crippen molar-refractivity contribution in [2.75, 3.05) is 25.1 Å². The predicted molar refractivity (Wildman–Crippen MR) is 71.8 cm³/mol. The van der Waals surface area contributed by atoms with E-state index < -0.39 is 17.7 Å². The maximum absolute atomic E-state index is 13.3. The Morgan fingerprint density at radius 2 is 2.11 bits per heavy atom. The van der Waals surface area contributed by atoms with Crippen molar-refractivity contribution >= 4 is 11.8 Å². The number of benzene rings is 1. The summed E-state index contributed by atoms with van der Waals surface area (Å²) in [6.45, 7) is 1.07. The summed E-state index contributed by atoms with van der Waals surface area (Å²) in [5.41, 5.74) is 0.132. The van der Waals surface area contributed by atoms with E-state index in [1.165, 1.54) is 6.07 Å². The van der Waals surface area contributed by atoms with Crippen LogP contribution < -0.4 is 5.32 Å². The van der Waals surface area contributed by atoms with E-state index in [0.29, 0.717) is 0 Å². The molecule has 2 nitrogen and oxygen atoms in total. The first kappa shape index (κ1) is 15.4. The minimum Gasteiger partial charge on any atom is -0.387 e. The Balaban J connectivity index is 2.29. The smallest absolute Gasteiger partial charge is 0.131 e. The first-order valence-corrected chi connectivity index (χ1v) is 7.37. The Morgan fingerprint density at radius 3 is 2.78 bits per heavy atom. The fourth-order valence-corrected chi connectivity index (χ4v) is 2.11. The molecule has 0 saturated heterocycles. The van der Waals surface area contributed by atoms with Crippen LogP contribution in [0.5, 0.6) is 0 Å². The second-order valence-corrected chi connectivity index (χ2v) is 5.07. The van der Waals surface area contributed by atoms with Gasteiger partial charge >= 0.3 is 0 Å². The lowest BCUT2D eigenvalue weighted by Crippen LogP contribution is -2.23. The number of rotatable bonds is 8. The van der Waals surface area contributed by atoms with Crippen LogP contribution in [0.2, 0.25) is 0 Å².